The van der Waals surface area contributed by atoms with E-state index in [0.29, 0.717) is 0 Å². The van der Waals surface area contributed by atoms with Crippen molar-refractivity contribution < 1.29 is 0 Å². The Balaban J connectivity index is 2.34. The van der Waals surface area contributed by atoms with Crippen LogP contribution in [0.3, 0.4) is 0 Å². The molecule has 0 amide bonds. The highest BCUT2D eigenvalue weighted by Crippen LogP contribution is 2.28. The van der Waals surface area contributed by atoms with Gasteiger partial charge in [-0.05, 0) is 39.7 Å². The molecule has 0 spiro atoms. The van der Waals surface area contributed by atoms with Crippen molar-refractivity contribution >= 4 is 43.0 Å². The van der Waals surface area contributed by atoms with E-state index in [2.05, 4.69) is 18.2 Å². The molecule has 1 heterocycles. The summed E-state index contributed by atoms with van der Waals surface area (Å²) in [6.07, 6.45) is 0. The highest BCUT2D eigenvalue weighted by molar-refractivity contribution is 7.17. The Bertz CT molecular complexity index is 982. The van der Waals surface area contributed by atoms with Crippen LogP contribution < -0.4 is 4.74 Å². The molecular weight excluding hydrogens is 252 g/mol. The average molecular weight is 262 g/mol. The smallest absolute Gasteiger partial charge is 0.240 e. The Morgan fingerprint density at radius 1 is 0.684 bits per heavy atom. The topological polar surface area (TPSA) is 17.1 Å². The molecule has 0 aliphatic heterocycles. The Morgan fingerprint density at radius 2 is 1.32 bits per heavy atom. The first-order valence-corrected chi connectivity index (χ1v) is 6.99. The maximum Gasteiger partial charge on any atom is 0.240 e. The second kappa shape index (κ2) is 3.90. The summed E-state index contributed by atoms with van der Waals surface area (Å²) in [6, 6.07) is 20.4. The van der Waals surface area contributed by atoms with Crippen LogP contribution in [0, 0.1) is 0 Å². The van der Waals surface area contributed by atoms with E-state index in [1.54, 1.807) is 0 Å². The van der Waals surface area contributed by atoms with Crippen molar-refractivity contribution in [3.8, 4) is 0 Å². The summed E-state index contributed by atoms with van der Waals surface area (Å²) < 4.78 is 1.19. The van der Waals surface area contributed by atoms with Crippen molar-refractivity contribution in [3.63, 3.8) is 0 Å². The van der Waals surface area contributed by atoms with Gasteiger partial charge in [0, 0.05) is 10.1 Å². The summed E-state index contributed by atoms with van der Waals surface area (Å²) >= 11 is 1.32. The lowest BCUT2D eigenvalue weighted by Gasteiger charge is -2.04. The van der Waals surface area contributed by atoms with E-state index in [1.165, 1.54) is 16.7 Å². The third kappa shape index (κ3) is 1.57. The van der Waals surface area contributed by atoms with Gasteiger partial charge in [-0.3, -0.25) is 4.79 Å². The first kappa shape index (κ1) is 10.7. The zero-order valence-electron chi connectivity index (χ0n) is 10.1. The molecule has 4 aromatic rings. The minimum absolute atomic E-state index is 0.138. The van der Waals surface area contributed by atoms with Crippen LogP contribution in [-0.2, 0) is 0 Å². The lowest BCUT2D eigenvalue weighted by atomic mass is 10.0. The quantitative estimate of drug-likeness (QED) is 0.335. The lowest BCUT2D eigenvalue weighted by molar-refractivity contribution is 1.79. The Kier molecular flexibility index (Phi) is 2.20. The molecule has 0 aliphatic carbocycles. The van der Waals surface area contributed by atoms with Gasteiger partial charge in [-0.25, -0.2) is 0 Å². The monoisotopic (exact) mass is 262 g/mol. The van der Waals surface area contributed by atoms with Crippen LogP contribution in [0.4, 0.5) is 0 Å². The van der Waals surface area contributed by atoms with Gasteiger partial charge in [0.1, 0.15) is 0 Å². The van der Waals surface area contributed by atoms with Crippen LogP contribution in [0.15, 0.2) is 65.5 Å². The summed E-state index contributed by atoms with van der Waals surface area (Å²) in [6.45, 7) is 0. The molecule has 1 nitrogen and oxygen atoms in total. The largest absolute Gasteiger partial charge is 0.277 e. The van der Waals surface area contributed by atoms with Gasteiger partial charge >= 0.3 is 0 Å². The average Bonchev–Trinajstić information content (AvgIpc) is 2.46. The van der Waals surface area contributed by atoms with Gasteiger partial charge in [0.15, 0.2) is 0 Å². The molecule has 4 rings (SSSR count). The predicted octanol–water partition coefficient (Wildman–Crippen LogP) is 4.57. The molecule has 90 valence electrons. The number of hydrogen-bond donors (Lipinski definition) is 0. The molecule has 19 heavy (non-hydrogen) atoms. The van der Waals surface area contributed by atoms with Gasteiger partial charge in [-0.15, -0.1) is 0 Å². The van der Waals surface area contributed by atoms with Crippen LogP contribution in [-0.4, -0.2) is 0 Å². The van der Waals surface area contributed by atoms with Crippen LogP contribution in [0.25, 0.3) is 31.6 Å². The van der Waals surface area contributed by atoms with E-state index in [-0.39, 0.29) is 4.74 Å². The Morgan fingerprint density at radius 3 is 2.11 bits per heavy atom. The van der Waals surface area contributed by atoms with Crippen molar-refractivity contribution in [3.05, 3.63) is 70.2 Å². The number of rotatable bonds is 0. The molecule has 0 bridgehead atoms. The fraction of sp³-hybridized carbons (Fsp3) is 0. The molecule has 0 unspecified atom stereocenters. The van der Waals surface area contributed by atoms with E-state index in [1.807, 2.05) is 42.5 Å². The van der Waals surface area contributed by atoms with Crippen molar-refractivity contribution in [2.75, 3.05) is 0 Å². The van der Waals surface area contributed by atoms with Crippen molar-refractivity contribution in [2.45, 2.75) is 0 Å². The summed E-state index contributed by atoms with van der Waals surface area (Å²) in [4.78, 5) is 12.3. The van der Waals surface area contributed by atoms with Gasteiger partial charge < -0.3 is 0 Å². The summed E-state index contributed by atoms with van der Waals surface area (Å²) in [5.41, 5.74) is 0. The zero-order chi connectivity index (χ0) is 12.8. The molecular formula is C17H10OS. The summed E-state index contributed by atoms with van der Waals surface area (Å²) in [7, 11) is 0. The van der Waals surface area contributed by atoms with Crippen LogP contribution >= 0.6 is 11.3 Å². The molecule has 0 fully saturated rings. The third-order valence-electron chi connectivity index (χ3n) is 3.49. The molecule has 3 aromatic carbocycles. The van der Waals surface area contributed by atoms with Gasteiger partial charge in [-0.1, -0.05) is 53.8 Å². The number of fused-ring (bicyclic) bond motifs is 4. The molecule has 0 atom stereocenters. The van der Waals surface area contributed by atoms with Crippen LogP contribution in [0.2, 0.25) is 0 Å². The molecule has 0 aliphatic rings. The molecule has 0 N–H and O–H groups in total. The van der Waals surface area contributed by atoms with Gasteiger partial charge in [0.25, 0.3) is 0 Å². The first-order chi connectivity index (χ1) is 9.33. The van der Waals surface area contributed by atoms with E-state index >= 15 is 0 Å². The Hall–Kier alpha value is -2.19. The minimum Gasteiger partial charge on any atom is -0.277 e. The van der Waals surface area contributed by atoms with Gasteiger partial charge in [-0.2, -0.15) is 0 Å². The van der Waals surface area contributed by atoms with Crippen molar-refractivity contribution in [1.82, 2.24) is 0 Å². The highest BCUT2D eigenvalue weighted by atomic mass is 32.1. The number of benzene rings is 3. The second-order valence-electron chi connectivity index (χ2n) is 4.63. The molecule has 2 heteroatoms. The standard InChI is InChI=1S/C17H10OS/c18-17-15-10-12-6-2-1-5-11(12)9-14(15)13-7-3-4-8-16(13)19-17/h1-10H. The summed E-state index contributed by atoms with van der Waals surface area (Å²) in [5.74, 6) is 0. The van der Waals surface area contributed by atoms with Crippen LogP contribution in [0.1, 0.15) is 0 Å². The van der Waals surface area contributed by atoms with Gasteiger partial charge in [0.2, 0.25) is 4.74 Å². The lowest BCUT2D eigenvalue weighted by Crippen LogP contribution is -1.95. The maximum absolute atomic E-state index is 12.3. The van der Waals surface area contributed by atoms with E-state index in [4.69, 9.17) is 0 Å². The number of hydrogen-bond acceptors (Lipinski definition) is 2. The van der Waals surface area contributed by atoms with Gasteiger partial charge in [0.05, 0.1) is 0 Å². The SMILES string of the molecule is O=c1sc2ccccc2c2cc3ccccc3cc12. The third-order valence-corrected chi connectivity index (χ3v) is 4.47. The molecule has 1 aromatic heterocycles. The maximum atomic E-state index is 12.3. The summed E-state index contributed by atoms with van der Waals surface area (Å²) in [5, 5.41) is 5.33. The van der Waals surface area contributed by atoms with Crippen LogP contribution in [0.5, 0.6) is 0 Å². The fourth-order valence-electron chi connectivity index (χ4n) is 2.57. The minimum atomic E-state index is 0.138. The molecule has 0 radical (unpaired) electrons. The van der Waals surface area contributed by atoms with Crippen molar-refractivity contribution in [2.24, 2.45) is 0 Å². The van der Waals surface area contributed by atoms with E-state index in [9.17, 15) is 4.79 Å². The highest BCUT2D eigenvalue weighted by Gasteiger charge is 2.06. The Labute approximate surface area is 113 Å². The normalized spacial score (nSPS) is 11.4. The van der Waals surface area contributed by atoms with E-state index < -0.39 is 0 Å². The fourth-order valence-corrected chi connectivity index (χ4v) is 3.48. The molecule has 0 saturated heterocycles. The van der Waals surface area contributed by atoms with Crippen molar-refractivity contribution in [1.29, 1.82) is 0 Å². The second-order valence-corrected chi connectivity index (χ2v) is 5.65. The first-order valence-electron chi connectivity index (χ1n) is 6.17. The zero-order valence-corrected chi connectivity index (χ0v) is 10.9. The molecule has 0 saturated carbocycles. The van der Waals surface area contributed by atoms with E-state index in [0.717, 1.165) is 26.2 Å². The predicted molar refractivity (Wildman–Crippen MR) is 83.1 cm³/mol.